The third-order valence-corrected chi connectivity index (χ3v) is 3.27. The van der Waals surface area contributed by atoms with Crippen molar-refractivity contribution in [1.82, 2.24) is 0 Å². The lowest BCUT2D eigenvalue weighted by molar-refractivity contribution is 0.100. The topological polar surface area (TPSA) is 81.1 Å². The van der Waals surface area contributed by atoms with Gasteiger partial charge in [0.05, 0.1) is 16.9 Å². The number of nitrogens with two attached hydrogens (primary N) is 2. The molecule has 5 N–H and O–H groups in total. The molecule has 2 rings (SSSR count). The summed E-state index contributed by atoms with van der Waals surface area (Å²) < 4.78 is 0. The van der Waals surface area contributed by atoms with Crippen molar-refractivity contribution in [3.63, 3.8) is 0 Å². The molecule has 1 aromatic carbocycles. The molecule has 0 atom stereocenters. The quantitative estimate of drug-likeness (QED) is 0.677. The van der Waals surface area contributed by atoms with Gasteiger partial charge in [-0.05, 0) is 38.3 Å². The first-order chi connectivity index (χ1) is 7.52. The van der Waals surface area contributed by atoms with Crippen LogP contribution < -0.4 is 16.8 Å². The Morgan fingerprint density at radius 1 is 1.44 bits per heavy atom. The standard InChI is InChI=1S/C12H17N3O/c1-12(6-3-7-12)15-9-5-2-4-8(10(9)13)11(14)16/h2,4-5,15H,3,6-7,13H2,1H3,(H2,14,16). The number of carbonyl (C=O) groups excluding carboxylic acids is 1. The smallest absolute Gasteiger partial charge is 0.250 e. The van der Waals surface area contributed by atoms with E-state index in [0.717, 1.165) is 18.5 Å². The Morgan fingerprint density at radius 3 is 2.62 bits per heavy atom. The van der Waals surface area contributed by atoms with E-state index >= 15 is 0 Å². The number of hydrogen-bond donors (Lipinski definition) is 3. The fourth-order valence-corrected chi connectivity index (χ4v) is 2.05. The van der Waals surface area contributed by atoms with Crippen LogP contribution >= 0.6 is 0 Å². The Hall–Kier alpha value is -1.71. The van der Waals surface area contributed by atoms with Crippen LogP contribution in [0.3, 0.4) is 0 Å². The predicted molar refractivity (Wildman–Crippen MR) is 65.3 cm³/mol. The molecule has 0 unspecified atom stereocenters. The summed E-state index contributed by atoms with van der Waals surface area (Å²) in [7, 11) is 0. The summed E-state index contributed by atoms with van der Waals surface area (Å²) in [6.45, 7) is 2.16. The molecule has 1 saturated carbocycles. The highest BCUT2D eigenvalue weighted by atomic mass is 16.1. The number of para-hydroxylation sites is 1. The summed E-state index contributed by atoms with van der Waals surface area (Å²) in [4.78, 5) is 11.1. The molecule has 0 aromatic heterocycles. The van der Waals surface area contributed by atoms with Crippen LogP contribution in [0.4, 0.5) is 11.4 Å². The lowest BCUT2D eigenvalue weighted by atomic mass is 9.78. The van der Waals surface area contributed by atoms with Crippen molar-refractivity contribution in [3.05, 3.63) is 23.8 Å². The summed E-state index contributed by atoms with van der Waals surface area (Å²) in [6.07, 6.45) is 3.50. The first kappa shape index (κ1) is 10.8. The van der Waals surface area contributed by atoms with Crippen LogP contribution in [0.1, 0.15) is 36.5 Å². The molecule has 1 fully saturated rings. The molecule has 16 heavy (non-hydrogen) atoms. The number of carbonyl (C=O) groups is 1. The van der Waals surface area contributed by atoms with Gasteiger partial charge >= 0.3 is 0 Å². The monoisotopic (exact) mass is 219 g/mol. The first-order valence-corrected chi connectivity index (χ1v) is 5.48. The van der Waals surface area contributed by atoms with E-state index in [1.807, 2.05) is 6.07 Å². The average Bonchev–Trinajstić information content (AvgIpc) is 2.18. The number of benzene rings is 1. The molecule has 1 aromatic rings. The zero-order chi connectivity index (χ0) is 11.8. The van der Waals surface area contributed by atoms with E-state index in [9.17, 15) is 4.79 Å². The Kier molecular flexibility index (Phi) is 2.50. The molecule has 0 saturated heterocycles. The maximum atomic E-state index is 11.1. The minimum Gasteiger partial charge on any atom is -0.396 e. The molecular formula is C12H17N3O. The molecule has 1 amide bonds. The highest BCUT2D eigenvalue weighted by Gasteiger charge is 2.32. The lowest BCUT2D eigenvalue weighted by Gasteiger charge is -2.40. The first-order valence-electron chi connectivity index (χ1n) is 5.48. The van der Waals surface area contributed by atoms with Gasteiger partial charge in [0, 0.05) is 5.54 Å². The number of nitrogens with one attached hydrogen (secondary N) is 1. The molecule has 0 heterocycles. The van der Waals surface area contributed by atoms with Crippen molar-refractivity contribution in [1.29, 1.82) is 0 Å². The lowest BCUT2D eigenvalue weighted by Crippen LogP contribution is -2.41. The second-order valence-corrected chi connectivity index (χ2v) is 4.67. The van der Waals surface area contributed by atoms with E-state index in [1.165, 1.54) is 6.42 Å². The average molecular weight is 219 g/mol. The fraction of sp³-hybridized carbons (Fsp3) is 0.417. The molecule has 0 spiro atoms. The molecule has 86 valence electrons. The van der Waals surface area contributed by atoms with Crippen molar-refractivity contribution in [2.24, 2.45) is 5.73 Å². The van der Waals surface area contributed by atoms with Crippen LogP contribution in [0.25, 0.3) is 0 Å². The van der Waals surface area contributed by atoms with Crippen molar-refractivity contribution < 1.29 is 4.79 Å². The van der Waals surface area contributed by atoms with E-state index in [0.29, 0.717) is 11.3 Å². The Bertz CT molecular complexity index is 424. The number of primary amides is 1. The SMILES string of the molecule is CC1(Nc2cccc(C(N)=O)c2N)CCC1. The zero-order valence-electron chi connectivity index (χ0n) is 9.42. The Morgan fingerprint density at radius 2 is 2.12 bits per heavy atom. The van der Waals surface area contributed by atoms with Gasteiger partial charge in [-0.25, -0.2) is 0 Å². The molecule has 1 aliphatic rings. The molecule has 4 heteroatoms. The van der Waals surface area contributed by atoms with E-state index in [-0.39, 0.29) is 5.54 Å². The molecular weight excluding hydrogens is 202 g/mol. The van der Waals surface area contributed by atoms with E-state index in [1.54, 1.807) is 12.1 Å². The summed E-state index contributed by atoms with van der Waals surface area (Å²) in [6, 6.07) is 5.32. The Labute approximate surface area is 95.0 Å². The molecule has 0 bridgehead atoms. The van der Waals surface area contributed by atoms with Crippen LogP contribution in [0, 0.1) is 0 Å². The molecule has 0 radical (unpaired) electrons. The second-order valence-electron chi connectivity index (χ2n) is 4.67. The number of amides is 1. The van der Waals surface area contributed by atoms with Gasteiger partial charge in [-0.3, -0.25) is 4.79 Å². The highest BCUT2D eigenvalue weighted by Crippen LogP contribution is 2.36. The Balaban J connectivity index is 2.27. The van der Waals surface area contributed by atoms with E-state index < -0.39 is 5.91 Å². The largest absolute Gasteiger partial charge is 0.396 e. The summed E-state index contributed by atoms with van der Waals surface area (Å²) in [5.41, 5.74) is 12.9. The van der Waals surface area contributed by atoms with Gasteiger partial charge in [0.1, 0.15) is 0 Å². The summed E-state index contributed by atoms with van der Waals surface area (Å²) >= 11 is 0. The van der Waals surface area contributed by atoms with Crippen LogP contribution in [0.2, 0.25) is 0 Å². The number of hydrogen-bond acceptors (Lipinski definition) is 3. The van der Waals surface area contributed by atoms with Crippen molar-refractivity contribution >= 4 is 17.3 Å². The van der Waals surface area contributed by atoms with E-state index in [4.69, 9.17) is 11.5 Å². The fourth-order valence-electron chi connectivity index (χ4n) is 2.05. The van der Waals surface area contributed by atoms with Gasteiger partial charge in [0.25, 0.3) is 5.91 Å². The van der Waals surface area contributed by atoms with Crippen molar-refractivity contribution in [3.8, 4) is 0 Å². The maximum Gasteiger partial charge on any atom is 0.250 e. The van der Waals surface area contributed by atoms with Crippen molar-refractivity contribution in [2.75, 3.05) is 11.1 Å². The molecule has 4 nitrogen and oxygen atoms in total. The van der Waals surface area contributed by atoms with Crippen LogP contribution in [-0.2, 0) is 0 Å². The van der Waals surface area contributed by atoms with Gasteiger partial charge in [0.2, 0.25) is 0 Å². The van der Waals surface area contributed by atoms with E-state index in [2.05, 4.69) is 12.2 Å². The maximum absolute atomic E-state index is 11.1. The molecule has 1 aliphatic carbocycles. The van der Waals surface area contributed by atoms with Crippen LogP contribution in [-0.4, -0.2) is 11.4 Å². The van der Waals surface area contributed by atoms with Crippen molar-refractivity contribution in [2.45, 2.75) is 31.7 Å². The predicted octanol–water partition coefficient (Wildman–Crippen LogP) is 1.72. The number of nitrogen functional groups attached to an aromatic ring is 1. The summed E-state index contributed by atoms with van der Waals surface area (Å²) in [5, 5.41) is 3.39. The molecule has 0 aliphatic heterocycles. The van der Waals surface area contributed by atoms with Crippen LogP contribution in [0.15, 0.2) is 18.2 Å². The van der Waals surface area contributed by atoms with Gasteiger partial charge in [-0.2, -0.15) is 0 Å². The summed E-state index contributed by atoms with van der Waals surface area (Å²) in [5.74, 6) is -0.486. The number of rotatable bonds is 3. The van der Waals surface area contributed by atoms with Gasteiger partial charge in [-0.1, -0.05) is 6.07 Å². The third-order valence-electron chi connectivity index (χ3n) is 3.27. The second kappa shape index (κ2) is 3.70. The van der Waals surface area contributed by atoms with Gasteiger partial charge < -0.3 is 16.8 Å². The zero-order valence-corrected chi connectivity index (χ0v) is 9.42. The van der Waals surface area contributed by atoms with Crippen LogP contribution in [0.5, 0.6) is 0 Å². The normalized spacial score (nSPS) is 17.6. The number of anilines is 2. The third kappa shape index (κ3) is 1.83. The van der Waals surface area contributed by atoms with Gasteiger partial charge in [-0.15, -0.1) is 0 Å². The minimum absolute atomic E-state index is 0.115. The minimum atomic E-state index is -0.486. The highest BCUT2D eigenvalue weighted by molar-refractivity contribution is 6.00. The van der Waals surface area contributed by atoms with Gasteiger partial charge in [0.15, 0.2) is 0 Å².